The van der Waals surface area contributed by atoms with Gasteiger partial charge in [0.2, 0.25) is 10.0 Å². The van der Waals surface area contributed by atoms with E-state index in [1.165, 1.54) is 16.4 Å². The van der Waals surface area contributed by atoms with Crippen LogP contribution < -0.4 is 10.1 Å². The number of carbonyl (C=O) groups excluding carboxylic acids is 1. The van der Waals surface area contributed by atoms with E-state index in [2.05, 4.69) is 21.2 Å². The molecule has 0 bridgehead atoms. The van der Waals surface area contributed by atoms with E-state index in [4.69, 9.17) is 4.74 Å². The minimum Gasteiger partial charge on any atom is -0.483 e. The molecule has 0 radical (unpaired) electrons. The molecule has 0 aromatic heterocycles. The molecule has 0 atom stereocenters. The molecule has 0 spiro atoms. The van der Waals surface area contributed by atoms with Crippen LogP contribution in [0.3, 0.4) is 0 Å². The number of piperidine rings is 1. The quantitative estimate of drug-likeness (QED) is 0.725. The second-order valence-electron chi connectivity index (χ2n) is 6.26. The maximum atomic E-state index is 12.6. The van der Waals surface area contributed by atoms with Crippen molar-refractivity contribution in [2.24, 2.45) is 0 Å². The third kappa shape index (κ3) is 5.09. The van der Waals surface area contributed by atoms with Crippen molar-refractivity contribution >= 4 is 37.5 Å². The number of sulfonamides is 1. The van der Waals surface area contributed by atoms with Crippen LogP contribution in [0.5, 0.6) is 5.75 Å². The number of rotatable bonds is 6. The van der Waals surface area contributed by atoms with Gasteiger partial charge in [0.25, 0.3) is 5.91 Å². The van der Waals surface area contributed by atoms with E-state index in [0.717, 1.165) is 23.7 Å². The molecule has 27 heavy (non-hydrogen) atoms. The Morgan fingerprint density at radius 1 is 1.04 bits per heavy atom. The Bertz CT molecular complexity index is 894. The van der Waals surface area contributed by atoms with Crippen molar-refractivity contribution < 1.29 is 17.9 Å². The number of ether oxygens (including phenoxy) is 1. The Morgan fingerprint density at radius 2 is 1.70 bits per heavy atom. The van der Waals surface area contributed by atoms with Gasteiger partial charge in [0.05, 0.1) is 9.37 Å². The van der Waals surface area contributed by atoms with Crippen LogP contribution >= 0.6 is 15.9 Å². The Kier molecular flexibility index (Phi) is 6.51. The Hall–Kier alpha value is -1.90. The number of amides is 1. The van der Waals surface area contributed by atoms with Crippen molar-refractivity contribution in [1.82, 2.24) is 4.31 Å². The lowest BCUT2D eigenvalue weighted by Crippen LogP contribution is -2.35. The van der Waals surface area contributed by atoms with Crippen molar-refractivity contribution in [1.29, 1.82) is 0 Å². The fourth-order valence-electron chi connectivity index (χ4n) is 2.87. The van der Waals surface area contributed by atoms with Crippen LogP contribution in [0.2, 0.25) is 0 Å². The first-order valence-electron chi connectivity index (χ1n) is 8.74. The summed E-state index contributed by atoms with van der Waals surface area (Å²) in [5.41, 5.74) is 0.522. The highest BCUT2D eigenvalue weighted by Gasteiger charge is 2.25. The van der Waals surface area contributed by atoms with E-state index in [1.807, 2.05) is 18.2 Å². The number of nitrogens with one attached hydrogen (secondary N) is 1. The number of para-hydroxylation sites is 1. The zero-order valence-electron chi connectivity index (χ0n) is 14.7. The van der Waals surface area contributed by atoms with Crippen LogP contribution in [0.4, 0.5) is 5.69 Å². The first-order valence-corrected chi connectivity index (χ1v) is 11.0. The largest absolute Gasteiger partial charge is 0.483 e. The molecule has 1 aliphatic rings. The Morgan fingerprint density at radius 3 is 2.37 bits per heavy atom. The molecule has 2 aromatic rings. The first kappa shape index (κ1) is 19.9. The van der Waals surface area contributed by atoms with Gasteiger partial charge in [-0.3, -0.25) is 4.79 Å². The molecule has 8 heteroatoms. The number of carbonyl (C=O) groups is 1. The lowest BCUT2D eigenvalue weighted by atomic mass is 10.2. The van der Waals surface area contributed by atoms with Gasteiger partial charge in [0.1, 0.15) is 5.75 Å². The van der Waals surface area contributed by atoms with Crippen LogP contribution in [0, 0.1) is 0 Å². The van der Waals surface area contributed by atoms with Gasteiger partial charge < -0.3 is 10.1 Å². The average Bonchev–Trinajstić information content (AvgIpc) is 2.68. The van der Waals surface area contributed by atoms with Crippen molar-refractivity contribution in [3.63, 3.8) is 0 Å². The number of halogens is 1. The van der Waals surface area contributed by atoms with Gasteiger partial charge in [-0.1, -0.05) is 18.6 Å². The van der Waals surface area contributed by atoms with Gasteiger partial charge in [0, 0.05) is 18.8 Å². The molecule has 0 unspecified atom stereocenters. The highest BCUT2D eigenvalue weighted by molar-refractivity contribution is 9.10. The summed E-state index contributed by atoms with van der Waals surface area (Å²) in [6, 6.07) is 13.5. The van der Waals surface area contributed by atoms with Gasteiger partial charge in [0.15, 0.2) is 6.61 Å². The zero-order valence-corrected chi connectivity index (χ0v) is 17.1. The van der Waals surface area contributed by atoms with Gasteiger partial charge in [-0.15, -0.1) is 0 Å². The standard InChI is InChI=1S/C19H21BrN2O4S/c20-17-6-2-3-7-18(17)26-14-19(23)21-15-8-10-16(11-9-15)27(24,25)22-12-4-1-5-13-22/h2-3,6-11H,1,4-5,12-14H2,(H,21,23). The maximum absolute atomic E-state index is 12.6. The smallest absolute Gasteiger partial charge is 0.262 e. The summed E-state index contributed by atoms with van der Waals surface area (Å²) < 4.78 is 33.0. The molecule has 6 nitrogen and oxygen atoms in total. The summed E-state index contributed by atoms with van der Waals surface area (Å²) in [5, 5.41) is 2.70. The summed E-state index contributed by atoms with van der Waals surface area (Å²) in [5.74, 6) is 0.257. The molecule has 1 amide bonds. The average molecular weight is 453 g/mol. The third-order valence-corrected chi connectivity index (χ3v) is 6.85. The molecule has 3 rings (SSSR count). The number of hydrogen-bond acceptors (Lipinski definition) is 4. The molecule has 1 saturated heterocycles. The molecule has 1 fully saturated rings. The molecule has 0 saturated carbocycles. The van der Waals surface area contributed by atoms with E-state index >= 15 is 0 Å². The van der Waals surface area contributed by atoms with Crippen LogP contribution in [0.1, 0.15) is 19.3 Å². The van der Waals surface area contributed by atoms with Crippen molar-refractivity contribution in [3.05, 3.63) is 53.0 Å². The summed E-state index contributed by atoms with van der Waals surface area (Å²) in [7, 11) is -3.47. The fraction of sp³-hybridized carbons (Fsp3) is 0.316. The minimum atomic E-state index is -3.47. The minimum absolute atomic E-state index is 0.142. The predicted octanol–water partition coefficient (Wildman–Crippen LogP) is 3.64. The van der Waals surface area contributed by atoms with Gasteiger partial charge >= 0.3 is 0 Å². The summed E-state index contributed by atoms with van der Waals surface area (Å²) in [6.45, 7) is 0.983. The van der Waals surface area contributed by atoms with Gasteiger partial charge in [-0.05, 0) is 65.2 Å². The lowest BCUT2D eigenvalue weighted by molar-refractivity contribution is -0.118. The van der Waals surface area contributed by atoms with Crippen LogP contribution in [0.25, 0.3) is 0 Å². The van der Waals surface area contributed by atoms with Crippen molar-refractivity contribution in [2.45, 2.75) is 24.2 Å². The monoisotopic (exact) mass is 452 g/mol. The molecule has 1 heterocycles. The van der Waals surface area contributed by atoms with E-state index in [-0.39, 0.29) is 17.4 Å². The lowest BCUT2D eigenvalue weighted by Gasteiger charge is -2.25. The summed E-state index contributed by atoms with van der Waals surface area (Å²) >= 11 is 3.35. The number of benzene rings is 2. The van der Waals surface area contributed by atoms with Crippen LogP contribution in [-0.4, -0.2) is 38.3 Å². The van der Waals surface area contributed by atoms with E-state index in [0.29, 0.717) is 24.5 Å². The maximum Gasteiger partial charge on any atom is 0.262 e. The fourth-order valence-corrected chi connectivity index (χ4v) is 4.78. The second-order valence-corrected chi connectivity index (χ2v) is 9.05. The number of hydrogen-bond donors (Lipinski definition) is 1. The molecular formula is C19H21BrN2O4S. The Balaban J connectivity index is 1.58. The summed E-state index contributed by atoms with van der Waals surface area (Å²) in [6.07, 6.45) is 2.86. The van der Waals surface area contributed by atoms with E-state index < -0.39 is 10.0 Å². The van der Waals surface area contributed by atoms with E-state index in [9.17, 15) is 13.2 Å². The highest BCUT2D eigenvalue weighted by atomic mass is 79.9. The topological polar surface area (TPSA) is 75.7 Å². The normalized spacial score (nSPS) is 15.3. The Labute approximate surface area is 167 Å². The number of anilines is 1. The number of nitrogens with zero attached hydrogens (tertiary/aromatic N) is 1. The van der Waals surface area contributed by atoms with Gasteiger partial charge in [-0.2, -0.15) is 4.31 Å². The molecule has 1 aliphatic heterocycles. The molecule has 2 aromatic carbocycles. The highest BCUT2D eigenvalue weighted by Crippen LogP contribution is 2.24. The van der Waals surface area contributed by atoms with Crippen molar-refractivity contribution in [2.75, 3.05) is 25.0 Å². The molecule has 1 N–H and O–H groups in total. The zero-order chi connectivity index (χ0) is 19.3. The second kappa shape index (κ2) is 8.86. The summed E-state index contributed by atoms with van der Waals surface area (Å²) in [4.78, 5) is 12.3. The van der Waals surface area contributed by atoms with Crippen molar-refractivity contribution in [3.8, 4) is 5.75 Å². The van der Waals surface area contributed by atoms with Gasteiger partial charge in [-0.25, -0.2) is 8.42 Å². The molecule has 0 aliphatic carbocycles. The van der Waals surface area contributed by atoms with Crippen LogP contribution in [-0.2, 0) is 14.8 Å². The predicted molar refractivity (Wildman–Crippen MR) is 107 cm³/mol. The van der Waals surface area contributed by atoms with E-state index in [1.54, 1.807) is 18.2 Å². The molecular weight excluding hydrogens is 432 g/mol. The SMILES string of the molecule is O=C(COc1ccccc1Br)Nc1ccc(S(=O)(=O)N2CCCCC2)cc1. The third-order valence-electron chi connectivity index (χ3n) is 4.29. The first-order chi connectivity index (χ1) is 13.0. The van der Waals surface area contributed by atoms with Crippen LogP contribution in [0.15, 0.2) is 57.9 Å². The molecule has 144 valence electrons.